The molecule has 0 atom stereocenters. The molecule has 0 rings (SSSR count). The Balaban J connectivity index is -0.0000000853. The molecule has 0 aliphatic carbocycles. The van der Waals surface area contributed by atoms with Crippen molar-refractivity contribution < 1.29 is 29.7 Å². The molecule has 0 amide bonds. The molecule has 7 heteroatoms. The Morgan fingerprint density at radius 2 is 0.950 bits per heavy atom. The van der Waals surface area contributed by atoms with E-state index < -0.39 is 17.9 Å². The van der Waals surface area contributed by atoms with E-state index in [2.05, 4.69) is 6.92 Å². The van der Waals surface area contributed by atoms with Crippen LogP contribution in [-0.2, 0) is 14.4 Å². The average Bonchev–Trinajstić information content (AvgIpc) is 2.41. The molecule has 0 spiro atoms. The van der Waals surface area contributed by atoms with Gasteiger partial charge in [0.05, 0.1) is 0 Å². The molecule has 0 radical (unpaired) electrons. The van der Waals surface area contributed by atoms with Crippen LogP contribution < -0.4 is 15.3 Å². The number of carboxylic acids is 3. The first kappa shape index (κ1) is 27.5. The first-order chi connectivity index (χ1) is 9.22. The molecule has 0 fully saturated rings. The van der Waals surface area contributed by atoms with Gasteiger partial charge < -0.3 is 29.7 Å². The van der Waals surface area contributed by atoms with Gasteiger partial charge in [-0.2, -0.15) is 0 Å². The van der Waals surface area contributed by atoms with Gasteiger partial charge in [-0.25, -0.2) is 0 Å². The molecule has 6 nitrogen and oxygen atoms in total. The van der Waals surface area contributed by atoms with Crippen LogP contribution in [0.15, 0.2) is 0 Å². The number of hydrogen-bond donors (Lipinski definition) is 0. The molecular formula is C13H24O6Sn. The summed E-state index contributed by atoms with van der Waals surface area (Å²) in [5, 5.41) is 27.8. The summed E-state index contributed by atoms with van der Waals surface area (Å²) in [4.78, 5) is 27.8. The normalized spacial score (nSPS) is 7.70. The summed E-state index contributed by atoms with van der Waals surface area (Å²) in [6, 6.07) is 0. The quantitative estimate of drug-likeness (QED) is 0.540. The van der Waals surface area contributed by atoms with Crippen LogP contribution in [0.2, 0.25) is 4.44 Å². The van der Waals surface area contributed by atoms with Gasteiger partial charge in [0.2, 0.25) is 0 Å². The van der Waals surface area contributed by atoms with Crippen molar-refractivity contribution in [3.63, 3.8) is 0 Å². The number of aliphatic carboxylic acids is 3. The van der Waals surface area contributed by atoms with Crippen molar-refractivity contribution in [1.82, 2.24) is 0 Å². The molecule has 0 bridgehead atoms. The first-order valence-electron chi connectivity index (χ1n) is 6.47. The summed E-state index contributed by atoms with van der Waals surface area (Å²) >= 11 is 1.68. The molecule has 0 aliphatic rings. The molecule has 116 valence electrons. The third-order valence-corrected chi connectivity index (χ3v) is 2.41. The van der Waals surface area contributed by atoms with Crippen LogP contribution in [-0.4, -0.2) is 40.4 Å². The molecule has 0 saturated heterocycles. The second-order valence-corrected chi connectivity index (χ2v) is 4.71. The standard InChI is InChI=1S/C4H9.3C3H6O2.Sn/c1-3-4-2;3*1-2-3(4)5;/h1,3-4H2,2H3;3*2H2,1H3,(H,4,5);/q;;;;+3/p-3. The van der Waals surface area contributed by atoms with Crippen LogP contribution in [0.25, 0.3) is 0 Å². The van der Waals surface area contributed by atoms with Crippen LogP contribution in [0.4, 0.5) is 0 Å². The van der Waals surface area contributed by atoms with Gasteiger partial charge in [-0.15, -0.1) is 0 Å². The SMILES string of the molecule is CCC(=O)[O-].CCC(=O)[O-].CCC(=O)[O-].CCC[CH2][Sn+3]. The molecule has 0 heterocycles. The molecule has 0 unspecified atom stereocenters. The van der Waals surface area contributed by atoms with Crippen molar-refractivity contribution in [2.45, 2.75) is 64.2 Å². The summed E-state index contributed by atoms with van der Waals surface area (Å²) in [7, 11) is 0. The van der Waals surface area contributed by atoms with Crippen LogP contribution >= 0.6 is 0 Å². The molecule has 0 aromatic rings. The number of rotatable bonds is 5. The maximum absolute atomic E-state index is 9.26. The third-order valence-electron chi connectivity index (χ3n) is 1.40. The predicted octanol–water partition coefficient (Wildman–Crippen LogP) is -1.19. The van der Waals surface area contributed by atoms with E-state index in [1.54, 1.807) is 22.5 Å². The van der Waals surface area contributed by atoms with Gasteiger partial charge in [0.25, 0.3) is 0 Å². The van der Waals surface area contributed by atoms with Gasteiger partial charge in [-0.1, -0.05) is 20.8 Å². The van der Waals surface area contributed by atoms with E-state index in [9.17, 15) is 29.7 Å². The molecule has 0 N–H and O–H groups in total. The van der Waals surface area contributed by atoms with Gasteiger partial charge >= 0.3 is 46.7 Å². The average molecular weight is 395 g/mol. The zero-order chi connectivity index (χ0) is 17.0. The summed E-state index contributed by atoms with van der Waals surface area (Å²) in [5.41, 5.74) is 0. The van der Waals surface area contributed by atoms with Gasteiger partial charge in [0, 0.05) is 17.9 Å². The Bertz CT molecular complexity index is 196. The Kier molecular flexibility index (Phi) is 36.8. The van der Waals surface area contributed by atoms with Crippen molar-refractivity contribution in [1.29, 1.82) is 0 Å². The summed E-state index contributed by atoms with van der Waals surface area (Å²) < 4.78 is 1.43. The van der Waals surface area contributed by atoms with Crippen molar-refractivity contribution in [3.8, 4) is 0 Å². The van der Waals surface area contributed by atoms with Crippen LogP contribution in [0.3, 0.4) is 0 Å². The topological polar surface area (TPSA) is 120 Å². The van der Waals surface area contributed by atoms with Crippen LogP contribution in [0, 0.1) is 0 Å². The van der Waals surface area contributed by atoms with Gasteiger partial charge in [0.1, 0.15) is 0 Å². The van der Waals surface area contributed by atoms with E-state index in [0.717, 1.165) is 0 Å². The summed E-state index contributed by atoms with van der Waals surface area (Å²) in [6.45, 7) is 6.84. The summed E-state index contributed by atoms with van der Waals surface area (Å²) in [5.74, 6) is -2.99. The van der Waals surface area contributed by atoms with Crippen LogP contribution in [0.1, 0.15) is 59.8 Å². The fraction of sp³-hybridized carbons (Fsp3) is 0.769. The molecule has 0 aliphatic heterocycles. The number of carbonyl (C=O) groups is 3. The fourth-order valence-corrected chi connectivity index (χ4v) is 1.19. The molecule has 0 aromatic carbocycles. The monoisotopic (exact) mass is 396 g/mol. The van der Waals surface area contributed by atoms with Crippen LogP contribution in [0.5, 0.6) is 0 Å². The van der Waals surface area contributed by atoms with E-state index in [1.165, 1.54) is 38.0 Å². The van der Waals surface area contributed by atoms with Gasteiger partial charge in [0.15, 0.2) is 0 Å². The molecule has 0 aromatic heterocycles. The zero-order valence-corrected chi connectivity index (χ0v) is 15.5. The number of carbonyl (C=O) groups excluding carboxylic acids is 3. The minimum absolute atomic E-state index is 0.111. The van der Waals surface area contributed by atoms with E-state index >= 15 is 0 Å². The summed E-state index contributed by atoms with van der Waals surface area (Å²) in [6.07, 6.45) is 3.13. The number of unbranched alkanes of at least 4 members (excludes halogenated alkanes) is 1. The van der Waals surface area contributed by atoms with E-state index in [4.69, 9.17) is 0 Å². The zero-order valence-electron chi connectivity index (χ0n) is 12.7. The minimum atomic E-state index is -0.995. The second kappa shape index (κ2) is 26.7. The number of hydrogen-bond acceptors (Lipinski definition) is 6. The van der Waals surface area contributed by atoms with Crippen molar-refractivity contribution >= 4 is 40.4 Å². The Hall–Kier alpha value is -0.791. The molecular weight excluding hydrogens is 371 g/mol. The van der Waals surface area contributed by atoms with Gasteiger partial charge in [-0.3, -0.25) is 0 Å². The Morgan fingerprint density at radius 1 is 0.750 bits per heavy atom. The first-order valence-corrected chi connectivity index (χ1v) is 8.49. The second-order valence-electron chi connectivity index (χ2n) is 3.28. The Labute approximate surface area is 134 Å². The third kappa shape index (κ3) is 87.0. The molecule has 0 saturated carbocycles. The van der Waals surface area contributed by atoms with Gasteiger partial charge in [-0.05, 0) is 19.3 Å². The maximum atomic E-state index is 9.26. The van der Waals surface area contributed by atoms with Crippen molar-refractivity contribution in [3.05, 3.63) is 0 Å². The fourth-order valence-electron chi connectivity index (χ4n) is 0.177. The van der Waals surface area contributed by atoms with E-state index in [-0.39, 0.29) is 19.3 Å². The van der Waals surface area contributed by atoms with Crippen molar-refractivity contribution in [2.75, 3.05) is 0 Å². The molecule has 20 heavy (non-hydrogen) atoms. The number of carboxylic acid groups (broad SMARTS) is 3. The van der Waals surface area contributed by atoms with E-state index in [0.29, 0.717) is 0 Å². The van der Waals surface area contributed by atoms with Crippen molar-refractivity contribution in [2.24, 2.45) is 0 Å². The van der Waals surface area contributed by atoms with E-state index in [1.807, 2.05) is 0 Å². The predicted molar refractivity (Wildman–Crippen MR) is 71.4 cm³/mol. The Morgan fingerprint density at radius 3 is 0.950 bits per heavy atom.